The Morgan fingerprint density at radius 3 is 2.85 bits per heavy atom. The number of carbonyl (C=O) groups excluding carboxylic acids is 2. The Morgan fingerprint density at radius 2 is 2.06 bits per heavy atom. The summed E-state index contributed by atoms with van der Waals surface area (Å²) in [6.45, 7) is 0. The summed E-state index contributed by atoms with van der Waals surface area (Å²) in [6, 6.07) is 10.5. The van der Waals surface area contributed by atoms with Crippen molar-refractivity contribution in [2.24, 2.45) is 5.92 Å². The van der Waals surface area contributed by atoms with Crippen molar-refractivity contribution >= 4 is 34.1 Å². The first-order chi connectivity index (χ1) is 16.1. The third-order valence-electron chi connectivity index (χ3n) is 6.67. The number of hydrogen-bond donors (Lipinski definition) is 3. The van der Waals surface area contributed by atoms with Crippen molar-refractivity contribution in [2.75, 3.05) is 0 Å². The van der Waals surface area contributed by atoms with Gasteiger partial charge in [-0.3, -0.25) is 9.59 Å². The molecule has 0 spiro atoms. The van der Waals surface area contributed by atoms with Crippen LogP contribution in [0.25, 0.3) is 10.9 Å². The van der Waals surface area contributed by atoms with Gasteiger partial charge in [-0.25, -0.2) is 4.98 Å². The number of nitrogens with zero attached hydrogens (tertiary/aromatic N) is 2. The monoisotopic (exact) mass is 461 g/mol. The highest BCUT2D eigenvalue weighted by Gasteiger charge is 2.33. The van der Waals surface area contributed by atoms with Crippen LogP contribution in [0, 0.1) is 17.2 Å². The number of aromatic amines is 1. The third-order valence-corrected chi connectivity index (χ3v) is 7.58. The van der Waals surface area contributed by atoms with Crippen molar-refractivity contribution in [1.82, 2.24) is 20.6 Å². The second kappa shape index (κ2) is 9.36. The standard InChI is InChI=1S/C25H27N5O2S/c26-13-18(11-17-5-3-7-22-23(17)27-14-33-22)28-24(31)20(10-15-8-9-15)30-25(32)21-12-16-4-1-2-6-19(16)29-21/h1-2,4,6,12,14-15,17-18,20,29H,3,5,7-11H2,(H,28,31)(H,30,32)/t17-,18-,20+/m1/s1. The zero-order chi connectivity index (χ0) is 22.8. The average molecular weight is 462 g/mol. The molecule has 0 aliphatic heterocycles. The normalized spacial score (nSPS) is 19.3. The molecule has 2 aromatic heterocycles. The highest BCUT2D eigenvalue weighted by atomic mass is 32.1. The van der Waals surface area contributed by atoms with Crippen molar-refractivity contribution in [2.45, 2.75) is 62.9 Å². The first-order valence-electron chi connectivity index (χ1n) is 11.6. The number of para-hydroxylation sites is 1. The predicted octanol–water partition coefficient (Wildman–Crippen LogP) is 4.04. The van der Waals surface area contributed by atoms with Gasteiger partial charge in [0, 0.05) is 21.7 Å². The molecule has 0 unspecified atom stereocenters. The van der Waals surface area contributed by atoms with Crippen LogP contribution in [-0.4, -0.2) is 33.9 Å². The van der Waals surface area contributed by atoms with Gasteiger partial charge in [0.1, 0.15) is 17.8 Å². The zero-order valence-corrected chi connectivity index (χ0v) is 19.2. The van der Waals surface area contributed by atoms with Gasteiger partial charge in [-0.15, -0.1) is 11.3 Å². The molecule has 8 heteroatoms. The molecule has 1 fully saturated rings. The van der Waals surface area contributed by atoms with E-state index in [1.165, 1.54) is 4.88 Å². The maximum absolute atomic E-state index is 13.2. The van der Waals surface area contributed by atoms with Gasteiger partial charge in [0.15, 0.2) is 0 Å². The minimum Gasteiger partial charge on any atom is -0.351 e. The number of aromatic nitrogens is 2. The van der Waals surface area contributed by atoms with Gasteiger partial charge in [0.05, 0.1) is 17.3 Å². The molecule has 170 valence electrons. The van der Waals surface area contributed by atoms with Gasteiger partial charge in [-0.2, -0.15) is 5.26 Å². The van der Waals surface area contributed by atoms with E-state index in [4.69, 9.17) is 0 Å². The number of fused-ring (bicyclic) bond motifs is 2. The fourth-order valence-corrected chi connectivity index (χ4v) is 5.62. The Morgan fingerprint density at radius 1 is 1.21 bits per heavy atom. The topological polar surface area (TPSA) is 111 Å². The molecule has 3 N–H and O–H groups in total. The summed E-state index contributed by atoms with van der Waals surface area (Å²) in [4.78, 5) is 35.0. The molecule has 33 heavy (non-hydrogen) atoms. The van der Waals surface area contributed by atoms with Gasteiger partial charge < -0.3 is 15.6 Å². The highest BCUT2D eigenvalue weighted by Crippen LogP contribution is 2.36. The van der Waals surface area contributed by atoms with Gasteiger partial charge in [0.25, 0.3) is 5.91 Å². The molecular formula is C25H27N5O2S. The van der Waals surface area contributed by atoms with Crippen LogP contribution in [0.3, 0.4) is 0 Å². The van der Waals surface area contributed by atoms with E-state index in [1.54, 1.807) is 17.4 Å². The second-order valence-electron chi connectivity index (χ2n) is 9.15. The Kier molecular flexibility index (Phi) is 6.14. The van der Waals surface area contributed by atoms with E-state index >= 15 is 0 Å². The number of thiazole rings is 1. The molecule has 2 aliphatic rings. The van der Waals surface area contributed by atoms with Gasteiger partial charge in [0.2, 0.25) is 5.91 Å². The van der Waals surface area contributed by atoms with Crippen LogP contribution in [0.15, 0.2) is 35.8 Å². The minimum atomic E-state index is -0.659. The molecule has 2 heterocycles. The molecule has 0 saturated heterocycles. The van der Waals surface area contributed by atoms with E-state index in [0.29, 0.717) is 24.5 Å². The SMILES string of the molecule is N#C[C@@H](C[C@H]1CCCc2scnc21)NC(=O)[C@H](CC1CC1)NC(=O)c1cc2ccccc2[nH]1. The number of benzene rings is 1. The highest BCUT2D eigenvalue weighted by molar-refractivity contribution is 7.09. The van der Waals surface area contributed by atoms with Crippen LogP contribution in [-0.2, 0) is 11.2 Å². The van der Waals surface area contributed by atoms with Crippen molar-refractivity contribution < 1.29 is 9.59 Å². The summed E-state index contributed by atoms with van der Waals surface area (Å²) < 4.78 is 0. The number of amides is 2. The van der Waals surface area contributed by atoms with Gasteiger partial charge >= 0.3 is 0 Å². The lowest BCUT2D eigenvalue weighted by atomic mass is 9.86. The van der Waals surface area contributed by atoms with Crippen molar-refractivity contribution in [3.8, 4) is 6.07 Å². The second-order valence-corrected chi connectivity index (χ2v) is 10.1. The molecule has 1 saturated carbocycles. The predicted molar refractivity (Wildman–Crippen MR) is 127 cm³/mol. The summed E-state index contributed by atoms with van der Waals surface area (Å²) in [5.74, 6) is 0.0418. The van der Waals surface area contributed by atoms with Crippen LogP contribution in [0.4, 0.5) is 0 Å². The summed E-state index contributed by atoms with van der Waals surface area (Å²) in [7, 11) is 0. The fraction of sp³-hybridized carbons (Fsp3) is 0.440. The maximum atomic E-state index is 13.2. The zero-order valence-electron chi connectivity index (χ0n) is 18.3. The average Bonchev–Trinajstić information content (AvgIpc) is 3.33. The number of aryl methyl sites for hydroxylation is 1. The quantitative estimate of drug-likeness (QED) is 0.470. The smallest absolute Gasteiger partial charge is 0.268 e. The number of nitriles is 1. The van der Waals surface area contributed by atoms with Crippen LogP contribution < -0.4 is 10.6 Å². The number of carbonyl (C=O) groups is 2. The summed E-state index contributed by atoms with van der Waals surface area (Å²) in [5, 5.41) is 16.5. The molecule has 0 bridgehead atoms. The Hall–Kier alpha value is -3.18. The molecule has 7 nitrogen and oxygen atoms in total. The summed E-state index contributed by atoms with van der Waals surface area (Å²) in [6.07, 6.45) is 6.39. The van der Waals surface area contributed by atoms with E-state index in [-0.39, 0.29) is 17.7 Å². The van der Waals surface area contributed by atoms with E-state index in [2.05, 4.69) is 26.7 Å². The Bertz CT molecular complexity index is 1170. The summed E-state index contributed by atoms with van der Waals surface area (Å²) >= 11 is 1.67. The molecule has 3 aromatic rings. The number of nitrogens with one attached hydrogen (secondary N) is 3. The number of hydrogen-bond acceptors (Lipinski definition) is 5. The van der Waals surface area contributed by atoms with Crippen molar-refractivity contribution in [3.63, 3.8) is 0 Å². The maximum Gasteiger partial charge on any atom is 0.268 e. The first-order valence-corrected chi connectivity index (χ1v) is 12.5. The largest absolute Gasteiger partial charge is 0.351 e. The summed E-state index contributed by atoms with van der Waals surface area (Å²) in [5.41, 5.74) is 4.26. The lowest BCUT2D eigenvalue weighted by molar-refractivity contribution is -0.123. The molecule has 5 rings (SSSR count). The van der Waals surface area contributed by atoms with E-state index < -0.39 is 12.1 Å². The van der Waals surface area contributed by atoms with Crippen molar-refractivity contribution in [1.29, 1.82) is 5.26 Å². The van der Waals surface area contributed by atoms with Crippen LogP contribution in [0.1, 0.15) is 65.5 Å². The van der Waals surface area contributed by atoms with Crippen LogP contribution in [0.5, 0.6) is 0 Å². The molecule has 2 aliphatic carbocycles. The first kappa shape index (κ1) is 21.7. The van der Waals surface area contributed by atoms with Crippen LogP contribution >= 0.6 is 11.3 Å². The number of rotatable bonds is 8. The van der Waals surface area contributed by atoms with E-state index in [1.807, 2.05) is 29.8 Å². The fourth-order valence-electron chi connectivity index (χ4n) is 4.73. The van der Waals surface area contributed by atoms with Crippen LogP contribution in [0.2, 0.25) is 0 Å². The Labute approximate surface area is 196 Å². The van der Waals surface area contributed by atoms with Gasteiger partial charge in [-0.1, -0.05) is 31.0 Å². The third kappa shape index (κ3) is 4.93. The number of H-pyrrole nitrogens is 1. The lowest BCUT2D eigenvalue weighted by Gasteiger charge is -2.25. The van der Waals surface area contributed by atoms with E-state index in [9.17, 15) is 14.9 Å². The lowest BCUT2D eigenvalue weighted by Crippen LogP contribution is -2.50. The molecule has 3 atom stereocenters. The molecular weight excluding hydrogens is 434 g/mol. The molecule has 0 radical (unpaired) electrons. The van der Waals surface area contributed by atoms with Gasteiger partial charge in [-0.05, 0) is 50.2 Å². The minimum absolute atomic E-state index is 0.188. The van der Waals surface area contributed by atoms with Crippen molar-refractivity contribution in [3.05, 3.63) is 52.1 Å². The molecule has 1 aromatic carbocycles. The van der Waals surface area contributed by atoms with E-state index in [0.717, 1.165) is 48.7 Å². The molecule has 2 amide bonds. The Balaban J connectivity index is 1.25.